The molecule has 108 valence electrons. The van der Waals surface area contributed by atoms with Crippen LogP contribution in [-0.2, 0) is 19.9 Å². The number of fused-ring (bicyclic) bond motifs is 1. The average Bonchev–Trinajstić information content (AvgIpc) is 2.84. The highest BCUT2D eigenvalue weighted by Crippen LogP contribution is 2.23. The minimum atomic E-state index is -0.557. The molecule has 2 aromatic heterocycles. The van der Waals surface area contributed by atoms with Crippen LogP contribution in [0.2, 0.25) is 0 Å². The largest absolute Gasteiger partial charge is 0.388 e. The van der Waals surface area contributed by atoms with Gasteiger partial charge in [-0.15, -0.1) is 0 Å². The van der Waals surface area contributed by atoms with E-state index in [9.17, 15) is 5.11 Å². The third-order valence-corrected chi connectivity index (χ3v) is 3.94. The highest BCUT2D eigenvalue weighted by atomic mass is 16.3. The number of pyridine rings is 1. The van der Waals surface area contributed by atoms with E-state index in [1.807, 2.05) is 48.1 Å². The molecule has 0 spiro atoms. The average molecular weight is 281 g/mol. The first-order valence-electron chi connectivity index (χ1n) is 7.22. The first kappa shape index (κ1) is 13.8. The number of aliphatic hydroxyl groups is 1. The predicted octanol–water partition coefficient (Wildman–Crippen LogP) is 2.81. The number of nitrogens with zero attached hydrogens (tertiary/aromatic N) is 3. The van der Waals surface area contributed by atoms with Gasteiger partial charge in [0.05, 0.1) is 17.1 Å². The maximum Gasteiger partial charge on any atom is 0.112 e. The molecule has 0 saturated heterocycles. The van der Waals surface area contributed by atoms with E-state index in [1.54, 1.807) is 6.20 Å². The van der Waals surface area contributed by atoms with Gasteiger partial charge in [-0.25, -0.2) is 4.98 Å². The number of benzene rings is 1. The van der Waals surface area contributed by atoms with E-state index >= 15 is 0 Å². The van der Waals surface area contributed by atoms with Gasteiger partial charge in [0.2, 0.25) is 0 Å². The summed E-state index contributed by atoms with van der Waals surface area (Å²) < 4.78 is 2.05. The highest BCUT2D eigenvalue weighted by Gasteiger charge is 2.16. The zero-order chi connectivity index (χ0) is 14.8. The molecule has 0 saturated carbocycles. The molecule has 1 atom stereocenters. The highest BCUT2D eigenvalue weighted by molar-refractivity contribution is 5.75. The molecule has 0 aliphatic rings. The normalized spacial score (nSPS) is 12.7. The van der Waals surface area contributed by atoms with Crippen LogP contribution >= 0.6 is 0 Å². The van der Waals surface area contributed by atoms with Crippen LogP contribution in [0.15, 0.2) is 42.7 Å². The van der Waals surface area contributed by atoms with Crippen molar-refractivity contribution < 1.29 is 5.11 Å². The SMILES string of the molecule is CCc1cnccc1C(O)Cc1nc2ccccc2n1C. The second-order valence-corrected chi connectivity index (χ2v) is 5.22. The Hall–Kier alpha value is -2.20. The molecule has 0 amide bonds. The zero-order valence-electron chi connectivity index (χ0n) is 12.3. The Kier molecular flexibility index (Phi) is 3.71. The molecule has 0 fully saturated rings. The van der Waals surface area contributed by atoms with Crippen molar-refractivity contribution >= 4 is 11.0 Å². The van der Waals surface area contributed by atoms with Gasteiger partial charge >= 0.3 is 0 Å². The molecule has 0 radical (unpaired) electrons. The molecule has 0 aliphatic heterocycles. The van der Waals surface area contributed by atoms with Crippen molar-refractivity contribution in [3.63, 3.8) is 0 Å². The van der Waals surface area contributed by atoms with Crippen molar-refractivity contribution in [3.8, 4) is 0 Å². The van der Waals surface area contributed by atoms with E-state index in [0.29, 0.717) is 6.42 Å². The van der Waals surface area contributed by atoms with Crippen LogP contribution in [0.3, 0.4) is 0 Å². The van der Waals surface area contributed by atoms with Gasteiger partial charge in [0.15, 0.2) is 0 Å². The summed E-state index contributed by atoms with van der Waals surface area (Å²) in [6.07, 6.45) is 4.36. The fourth-order valence-corrected chi connectivity index (χ4v) is 2.72. The van der Waals surface area contributed by atoms with Gasteiger partial charge in [0.1, 0.15) is 5.82 Å². The number of imidazole rings is 1. The number of para-hydroxylation sites is 2. The van der Waals surface area contributed by atoms with E-state index in [4.69, 9.17) is 0 Å². The maximum absolute atomic E-state index is 10.6. The molecule has 1 aromatic carbocycles. The third kappa shape index (κ3) is 2.54. The summed E-state index contributed by atoms with van der Waals surface area (Å²) in [6, 6.07) is 9.92. The van der Waals surface area contributed by atoms with Crippen molar-refractivity contribution in [3.05, 3.63) is 59.7 Å². The number of hydrogen-bond donors (Lipinski definition) is 1. The summed E-state index contributed by atoms with van der Waals surface area (Å²) in [6.45, 7) is 2.07. The van der Waals surface area contributed by atoms with Crippen LogP contribution in [0.5, 0.6) is 0 Å². The number of rotatable bonds is 4. The lowest BCUT2D eigenvalue weighted by atomic mass is 10.0. The zero-order valence-corrected chi connectivity index (χ0v) is 12.3. The summed E-state index contributed by atoms with van der Waals surface area (Å²) in [7, 11) is 1.99. The van der Waals surface area contributed by atoms with E-state index in [2.05, 4.69) is 16.9 Å². The van der Waals surface area contributed by atoms with Crippen molar-refractivity contribution in [2.24, 2.45) is 7.05 Å². The fourth-order valence-electron chi connectivity index (χ4n) is 2.72. The molecule has 2 heterocycles. The van der Waals surface area contributed by atoms with E-state index in [-0.39, 0.29) is 0 Å². The molecular formula is C17H19N3O. The number of aryl methyl sites for hydroxylation is 2. The molecule has 1 unspecified atom stereocenters. The van der Waals surface area contributed by atoms with Crippen LogP contribution in [0, 0.1) is 0 Å². The standard InChI is InChI=1S/C17H19N3O/c1-3-12-11-18-9-8-13(12)16(21)10-17-19-14-6-4-5-7-15(14)20(17)2/h4-9,11,16,21H,3,10H2,1-2H3. The number of hydrogen-bond acceptors (Lipinski definition) is 3. The smallest absolute Gasteiger partial charge is 0.112 e. The van der Waals surface area contributed by atoms with E-state index in [0.717, 1.165) is 34.4 Å². The molecule has 0 aliphatic carbocycles. The summed E-state index contributed by atoms with van der Waals surface area (Å²) in [5.74, 6) is 0.891. The Labute approximate surface area is 124 Å². The van der Waals surface area contributed by atoms with Crippen LogP contribution < -0.4 is 0 Å². The third-order valence-electron chi connectivity index (χ3n) is 3.94. The van der Waals surface area contributed by atoms with Gasteiger partial charge in [-0.2, -0.15) is 0 Å². The van der Waals surface area contributed by atoms with Crippen LogP contribution in [-0.4, -0.2) is 19.6 Å². The van der Waals surface area contributed by atoms with Crippen LogP contribution in [0.4, 0.5) is 0 Å². The molecule has 3 aromatic rings. The number of aromatic nitrogens is 3. The second-order valence-electron chi connectivity index (χ2n) is 5.22. The quantitative estimate of drug-likeness (QED) is 0.800. The van der Waals surface area contributed by atoms with Gasteiger partial charge in [0.25, 0.3) is 0 Å². The molecule has 3 rings (SSSR count). The maximum atomic E-state index is 10.6. The van der Waals surface area contributed by atoms with Gasteiger partial charge in [-0.3, -0.25) is 4.98 Å². The molecule has 0 bridgehead atoms. The Morgan fingerprint density at radius 2 is 2.05 bits per heavy atom. The Morgan fingerprint density at radius 1 is 1.24 bits per heavy atom. The summed E-state index contributed by atoms with van der Waals surface area (Å²) in [5.41, 5.74) is 4.08. The van der Waals surface area contributed by atoms with Crippen LogP contribution in [0.1, 0.15) is 30.0 Å². The summed E-state index contributed by atoms with van der Waals surface area (Å²) in [5, 5.41) is 10.6. The predicted molar refractivity (Wildman–Crippen MR) is 83.0 cm³/mol. The van der Waals surface area contributed by atoms with Gasteiger partial charge in [0, 0.05) is 25.9 Å². The summed E-state index contributed by atoms with van der Waals surface area (Å²) >= 11 is 0. The first-order valence-corrected chi connectivity index (χ1v) is 7.22. The van der Waals surface area contributed by atoms with Crippen molar-refractivity contribution in [1.82, 2.24) is 14.5 Å². The van der Waals surface area contributed by atoms with Crippen molar-refractivity contribution in [2.75, 3.05) is 0 Å². The lowest BCUT2D eigenvalue weighted by molar-refractivity contribution is 0.174. The number of aliphatic hydroxyl groups excluding tert-OH is 1. The van der Waals surface area contributed by atoms with Gasteiger partial charge in [-0.05, 0) is 35.7 Å². The minimum Gasteiger partial charge on any atom is -0.388 e. The van der Waals surface area contributed by atoms with E-state index in [1.165, 1.54) is 0 Å². The van der Waals surface area contributed by atoms with E-state index < -0.39 is 6.10 Å². The monoisotopic (exact) mass is 281 g/mol. The lowest BCUT2D eigenvalue weighted by Crippen LogP contribution is -2.09. The van der Waals surface area contributed by atoms with Gasteiger partial charge < -0.3 is 9.67 Å². The Morgan fingerprint density at radius 3 is 2.81 bits per heavy atom. The fraction of sp³-hybridized carbons (Fsp3) is 0.294. The van der Waals surface area contributed by atoms with Crippen LogP contribution in [0.25, 0.3) is 11.0 Å². The topological polar surface area (TPSA) is 50.9 Å². The second kappa shape index (κ2) is 5.66. The lowest BCUT2D eigenvalue weighted by Gasteiger charge is -2.14. The van der Waals surface area contributed by atoms with Gasteiger partial charge in [-0.1, -0.05) is 19.1 Å². The molecule has 4 heteroatoms. The Bertz CT molecular complexity index is 764. The van der Waals surface area contributed by atoms with Crippen molar-refractivity contribution in [1.29, 1.82) is 0 Å². The summed E-state index contributed by atoms with van der Waals surface area (Å²) in [4.78, 5) is 8.75. The molecule has 21 heavy (non-hydrogen) atoms. The molecule has 4 nitrogen and oxygen atoms in total. The molecular weight excluding hydrogens is 262 g/mol. The molecule has 1 N–H and O–H groups in total. The Balaban J connectivity index is 1.93. The minimum absolute atomic E-state index is 0.502. The first-order chi connectivity index (χ1) is 10.2. The van der Waals surface area contributed by atoms with Crippen molar-refractivity contribution in [2.45, 2.75) is 25.9 Å².